The van der Waals surface area contributed by atoms with Gasteiger partial charge in [-0.2, -0.15) is 0 Å². The Morgan fingerprint density at radius 3 is 1.95 bits per heavy atom. The highest BCUT2D eigenvalue weighted by Crippen LogP contribution is 2.45. The molecule has 0 spiro atoms. The quantitative estimate of drug-likeness (QED) is 0.229. The fraction of sp³-hybridized carbons (Fsp3) is 0.0556. The van der Waals surface area contributed by atoms with Crippen LogP contribution in [0.5, 0.6) is 0 Å². The molecular weight excluding hydrogens is 448 g/mol. The fourth-order valence-electron chi connectivity index (χ4n) is 6.30. The lowest BCUT2D eigenvalue weighted by atomic mass is 9.83. The number of fused-ring (bicyclic) bond motifs is 6. The molecule has 2 aliphatic rings. The first kappa shape index (κ1) is 20.6. The van der Waals surface area contributed by atoms with E-state index in [4.69, 9.17) is 4.42 Å². The third-order valence-electron chi connectivity index (χ3n) is 7.97. The lowest BCUT2D eigenvalue weighted by Crippen LogP contribution is -2.09. The Balaban J connectivity index is 1.43. The second kappa shape index (κ2) is 7.94. The van der Waals surface area contributed by atoms with Crippen LogP contribution >= 0.6 is 0 Å². The van der Waals surface area contributed by atoms with Crippen molar-refractivity contribution in [1.29, 1.82) is 0 Å². The predicted octanol–water partition coefficient (Wildman–Crippen LogP) is 9.75. The molecule has 0 aliphatic heterocycles. The standard InChI is InChI=1S/C36H24O/c1-2-10-23(11-3-1)35-27-14-6-8-16-29(27)36(30-17-9-7-15-28(30)35)26-18-19-33-31(21-26)32-20-24-12-4-5-13-25(24)22-34(32)37-33/h1-21,25H,22H2. The van der Waals surface area contributed by atoms with Crippen LogP contribution in [0, 0.1) is 5.92 Å². The van der Waals surface area contributed by atoms with Gasteiger partial charge < -0.3 is 4.42 Å². The van der Waals surface area contributed by atoms with Gasteiger partial charge in [0.15, 0.2) is 0 Å². The van der Waals surface area contributed by atoms with E-state index in [-0.39, 0.29) is 0 Å². The molecule has 0 saturated heterocycles. The largest absolute Gasteiger partial charge is 0.460 e. The predicted molar refractivity (Wildman–Crippen MR) is 156 cm³/mol. The number of furan rings is 1. The van der Waals surface area contributed by atoms with Crippen LogP contribution in [0.2, 0.25) is 0 Å². The monoisotopic (exact) mass is 472 g/mol. The molecule has 1 aromatic heterocycles. The van der Waals surface area contributed by atoms with Gasteiger partial charge in [-0.1, -0.05) is 109 Å². The second-order valence-electron chi connectivity index (χ2n) is 10.1. The third-order valence-corrected chi connectivity index (χ3v) is 7.97. The van der Waals surface area contributed by atoms with Crippen LogP contribution in [-0.2, 0) is 6.42 Å². The molecule has 0 radical (unpaired) electrons. The molecule has 37 heavy (non-hydrogen) atoms. The van der Waals surface area contributed by atoms with Gasteiger partial charge in [-0.15, -0.1) is 0 Å². The van der Waals surface area contributed by atoms with Crippen LogP contribution in [0.4, 0.5) is 0 Å². The Morgan fingerprint density at radius 1 is 0.595 bits per heavy atom. The zero-order valence-electron chi connectivity index (χ0n) is 20.3. The van der Waals surface area contributed by atoms with Crippen molar-refractivity contribution in [3.05, 3.63) is 138 Å². The first-order chi connectivity index (χ1) is 18.3. The lowest BCUT2D eigenvalue weighted by molar-refractivity contribution is 0.521. The van der Waals surface area contributed by atoms with Crippen molar-refractivity contribution in [3.8, 4) is 22.3 Å². The highest BCUT2D eigenvalue weighted by atomic mass is 16.3. The smallest absolute Gasteiger partial charge is 0.134 e. The molecule has 5 aromatic carbocycles. The van der Waals surface area contributed by atoms with Crippen molar-refractivity contribution in [1.82, 2.24) is 0 Å². The van der Waals surface area contributed by atoms with E-state index in [0.29, 0.717) is 5.92 Å². The third kappa shape index (κ3) is 3.11. The molecule has 2 aliphatic carbocycles. The summed E-state index contributed by atoms with van der Waals surface area (Å²) in [7, 11) is 0. The van der Waals surface area contributed by atoms with Gasteiger partial charge in [0.1, 0.15) is 11.3 Å². The Hall–Kier alpha value is -4.62. The van der Waals surface area contributed by atoms with Crippen LogP contribution in [0.25, 0.3) is 60.8 Å². The van der Waals surface area contributed by atoms with Gasteiger partial charge in [0.05, 0.1) is 0 Å². The van der Waals surface area contributed by atoms with Gasteiger partial charge >= 0.3 is 0 Å². The SMILES string of the molecule is C1=CC2=Cc3c(oc4ccc(-c5c6ccccc6c(-c6ccccc6)c6ccccc56)cc34)CC2C=C1. The van der Waals surface area contributed by atoms with Crippen LogP contribution in [0.15, 0.2) is 131 Å². The van der Waals surface area contributed by atoms with Crippen molar-refractivity contribution >= 4 is 38.6 Å². The zero-order valence-corrected chi connectivity index (χ0v) is 20.3. The van der Waals surface area contributed by atoms with E-state index < -0.39 is 0 Å². The molecular formula is C36H24O. The lowest BCUT2D eigenvalue weighted by Gasteiger charge is -2.20. The van der Waals surface area contributed by atoms with Crippen LogP contribution in [-0.4, -0.2) is 0 Å². The summed E-state index contributed by atoms with van der Waals surface area (Å²) in [5.41, 5.74) is 8.62. The van der Waals surface area contributed by atoms with Gasteiger partial charge in [-0.05, 0) is 67.6 Å². The topological polar surface area (TPSA) is 13.1 Å². The van der Waals surface area contributed by atoms with Gasteiger partial charge in [0.2, 0.25) is 0 Å². The summed E-state index contributed by atoms with van der Waals surface area (Å²) in [5, 5.41) is 6.30. The number of hydrogen-bond acceptors (Lipinski definition) is 1. The number of allylic oxidation sites excluding steroid dienone is 5. The van der Waals surface area contributed by atoms with E-state index in [1.54, 1.807) is 0 Å². The van der Waals surface area contributed by atoms with Gasteiger partial charge in [-0.25, -0.2) is 0 Å². The number of rotatable bonds is 2. The van der Waals surface area contributed by atoms with Crippen molar-refractivity contribution in [2.75, 3.05) is 0 Å². The fourth-order valence-corrected chi connectivity index (χ4v) is 6.30. The van der Waals surface area contributed by atoms with Crippen molar-refractivity contribution < 1.29 is 4.42 Å². The highest BCUT2D eigenvalue weighted by molar-refractivity contribution is 6.21. The molecule has 1 nitrogen and oxygen atoms in total. The summed E-state index contributed by atoms with van der Waals surface area (Å²) in [4.78, 5) is 0. The zero-order chi connectivity index (χ0) is 24.3. The van der Waals surface area contributed by atoms with E-state index in [1.807, 2.05) is 0 Å². The summed E-state index contributed by atoms with van der Waals surface area (Å²) in [5.74, 6) is 1.51. The molecule has 0 saturated carbocycles. The van der Waals surface area contributed by atoms with Gasteiger partial charge in [0, 0.05) is 23.3 Å². The first-order valence-electron chi connectivity index (χ1n) is 13.0. The Bertz CT molecular complexity index is 1890. The average Bonchev–Trinajstić information content (AvgIpc) is 3.31. The van der Waals surface area contributed by atoms with E-state index in [9.17, 15) is 0 Å². The van der Waals surface area contributed by atoms with Crippen LogP contribution in [0.1, 0.15) is 11.3 Å². The van der Waals surface area contributed by atoms with E-state index in [2.05, 4.69) is 127 Å². The van der Waals surface area contributed by atoms with Gasteiger partial charge in [0.25, 0.3) is 0 Å². The number of hydrogen-bond donors (Lipinski definition) is 0. The maximum atomic E-state index is 6.38. The summed E-state index contributed by atoms with van der Waals surface area (Å²) < 4.78 is 6.38. The molecule has 0 bridgehead atoms. The minimum absolute atomic E-state index is 0.413. The van der Waals surface area contributed by atoms with E-state index in [1.165, 1.54) is 60.3 Å². The maximum absolute atomic E-state index is 6.38. The number of benzene rings is 5. The molecule has 8 rings (SSSR count). The molecule has 1 heteroatoms. The molecule has 6 aromatic rings. The van der Waals surface area contributed by atoms with Crippen LogP contribution < -0.4 is 0 Å². The summed E-state index contributed by atoms with van der Waals surface area (Å²) >= 11 is 0. The highest BCUT2D eigenvalue weighted by Gasteiger charge is 2.25. The molecule has 1 atom stereocenters. The normalized spacial score (nSPS) is 16.2. The van der Waals surface area contributed by atoms with Crippen molar-refractivity contribution in [2.45, 2.75) is 6.42 Å². The van der Waals surface area contributed by atoms with Crippen LogP contribution in [0.3, 0.4) is 0 Å². The first-order valence-corrected chi connectivity index (χ1v) is 13.0. The minimum atomic E-state index is 0.413. The molecule has 0 fully saturated rings. The minimum Gasteiger partial charge on any atom is -0.460 e. The Kier molecular flexibility index (Phi) is 4.41. The molecule has 0 amide bonds. The van der Waals surface area contributed by atoms with E-state index in [0.717, 1.165) is 17.8 Å². The average molecular weight is 473 g/mol. The maximum Gasteiger partial charge on any atom is 0.134 e. The van der Waals surface area contributed by atoms with E-state index >= 15 is 0 Å². The van der Waals surface area contributed by atoms with Crippen molar-refractivity contribution in [2.24, 2.45) is 5.92 Å². The molecule has 174 valence electrons. The second-order valence-corrected chi connectivity index (χ2v) is 10.1. The summed E-state index contributed by atoms with van der Waals surface area (Å²) in [6, 6.07) is 35.2. The Labute approximate surface area is 215 Å². The summed E-state index contributed by atoms with van der Waals surface area (Å²) in [6.07, 6.45) is 12.0. The molecule has 0 N–H and O–H groups in total. The van der Waals surface area contributed by atoms with Crippen molar-refractivity contribution in [3.63, 3.8) is 0 Å². The molecule has 1 unspecified atom stereocenters. The Morgan fingerprint density at radius 2 is 1.24 bits per heavy atom. The molecule has 1 heterocycles. The summed E-state index contributed by atoms with van der Waals surface area (Å²) in [6.45, 7) is 0. The van der Waals surface area contributed by atoms with Gasteiger partial charge in [-0.3, -0.25) is 0 Å².